The summed E-state index contributed by atoms with van der Waals surface area (Å²) in [5, 5.41) is 10.3. The van der Waals surface area contributed by atoms with Gasteiger partial charge in [-0.3, -0.25) is 24.1 Å². The molecule has 1 aliphatic rings. The number of carbonyl (C=O) groups excluding carboxylic acids is 2. The summed E-state index contributed by atoms with van der Waals surface area (Å²) in [4.78, 5) is 25.1. The molecular weight excluding hydrogens is 607 g/mol. The van der Waals surface area contributed by atoms with Crippen molar-refractivity contribution >= 4 is 40.6 Å². The van der Waals surface area contributed by atoms with Crippen LogP contribution in [0.5, 0.6) is 0 Å². The second-order valence-corrected chi connectivity index (χ2v) is 12.8. The zero-order valence-electron chi connectivity index (χ0n) is 28.8. The minimum Gasteiger partial charge on any atom is -0.462 e. The average Bonchev–Trinajstić information content (AvgIpc) is 3.52. The van der Waals surface area contributed by atoms with Crippen molar-refractivity contribution in [1.82, 2.24) is 24.5 Å². The lowest BCUT2D eigenvalue weighted by molar-refractivity contribution is -0.138. The van der Waals surface area contributed by atoms with E-state index < -0.39 is 0 Å². The van der Waals surface area contributed by atoms with Gasteiger partial charge in [-0.25, -0.2) is 9.07 Å². The highest BCUT2D eigenvalue weighted by Crippen LogP contribution is 2.34. The van der Waals surface area contributed by atoms with Gasteiger partial charge in [0.25, 0.3) is 6.47 Å². The number of halogens is 2. The molecule has 1 amide bonds. The number of benzene rings is 2. The van der Waals surface area contributed by atoms with Crippen LogP contribution in [0.25, 0.3) is 16.6 Å². The van der Waals surface area contributed by atoms with Crippen LogP contribution in [0.15, 0.2) is 42.7 Å². The van der Waals surface area contributed by atoms with Crippen molar-refractivity contribution in [3.8, 4) is 5.69 Å². The number of rotatable bonds is 4. The average molecular weight is 653 g/mol. The lowest BCUT2D eigenvalue weighted by atomic mass is 9.98. The molecule has 4 aromatic rings. The molecule has 0 fully saturated rings. The van der Waals surface area contributed by atoms with Crippen LogP contribution in [0.3, 0.4) is 0 Å². The Balaban J connectivity index is 0.000000210. The molecular formula is C35H46ClFN6O3. The first-order valence-corrected chi connectivity index (χ1v) is 15.6. The van der Waals surface area contributed by atoms with Crippen molar-refractivity contribution < 1.29 is 18.7 Å². The normalized spacial score (nSPS) is 14.7. The van der Waals surface area contributed by atoms with Gasteiger partial charge in [0.1, 0.15) is 11.4 Å². The molecule has 0 radical (unpaired) electrons. The Labute approximate surface area is 276 Å². The van der Waals surface area contributed by atoms with Crippen molar-refractivity contribution in [3.05, 3.63) is 81.7 Å². The van der Waals surface area contributed by atoms with E-state index in [9.17, 15) is 14.0 Å². The third kappa shape index (κ3) is 8.22. The molecule has 11 heteroatoms. The summed E-state index contributed by atoms with van der Waals surface area (Å²) < 4.78 is 22.1. The van der Waals surface area contributed by atoms with E-state index >= 15 is 0 Å². The number of aryl methyl sites for hydroxylation is 3. The molecule has 2 aromatic carbocycles. The summed E-state index contributed by atoms with van der Waals surface area (Å²) in [6.45, 7) is 18.3. The van der Waals surface area contributed by atoms with Gasteiger partial charge in [0, 0.05) is 55.8 Å². The number of carbonyl (C=O) groups is 2. The van der Waals surface area contributed by atoms with Crippen LogP contribution in [0, 0.1) is 26.6 Å². The summed E-state index contributed by atoms with van der Waals surface area (Å²) in [5.41, 5.74) is 7.24. The number of likely N-dealkylation sites (N-methyl/N-ethyl adjacent to an activating group) is 1. The zero-order valence-corrected chi connectivity index (χ0v) is 29.5. The Morgan fingerprint density at radius 2 is 1.78 bits per heavy atom. The fourth-order valence-corrected chi connectivity index (χ4v) is 5.61. The molecule has 3 heterocycles. The molecule has 0 N–H and O–H groups in total. The van der Waals surface area contributed by atoms with Gasteiger partial charge >= 0.3 is 0 Å². The van der Waals surface area contributed by atoms with E-state index in [-0.39, 0.29) is 17.3 Å². The van der Waals surface area contributed by atoms with Crippen molar-refractivity contribution in [2.75, 3.05) is 18.5 Å². The Hall–Kier alpha value is -4.02. The third-order valence-corrected chi connectivity index (χ3v) is 8.23. The van der Waals surface area contributed by atoms with Gasteiger partial charge < -0.3 is 4.74 Å². The van der Waals surface area contributed by atoms with E-state index in [1.807, 2.05) is 63.7 Å². The Bertz CT molecular complexity index is 1710. The molecule has 248 valence electrons. The molecule has 9 nitrogen and oxygen atoms in total. The van der Waals surface area contributed by atoms with Gasteiger partial charge in [0.2, 0.25) is 5.91 Å². The standard InChI is InChI=1S/C17H22FN3.C13H14ClN3O.C5H10O2/c1-10-8-14(9-11(2)17(10)18)21-13(4)16-12(3)20(5)7-6-15(16)19-21;1-4-7-17(9(2)18)12-6-5-11-10(13(12)14)8-15-16(11)3;1-5(2,3)7-4-6/h8-9,12H,6-7H2,1-5H3;4-8H,1-3H3;4H,1-3H3/b;7-4-;/t12-;;/m0../s1. The fourth-order valence-electron chi connectivity index (χ4n) is 5.31. The molecule has 46 heavy (non-hydrogen) atoms. The number of hydrogen-bond acceptors (Lipinski definition) is 6. The fraction of sp³-hybridized carbons (Fsp3) is 0.429. The molecule has 0 saturated heterocycles. The molecule has 0 bridgehead atoms. The summed E-state index contributed by atoms with van der Waals surface area (Å²) in [6.07, 6.45) is 6.18. The summed E-state index contributed by atoms with van der Waals surface area (Å²) in [7, 11) is 4.00. The van der Waals surface area contributed by atoms with Gasteiger partial charge in [-0.2, -0.15) is 10.2 Å². The van der Waals surface area contributed by atoms with E-state index in [1.165, 1.54) is 23.1 Å². The maximum absolute atomic E-state index is 13.8. The van der Waals surface area contributed by atoms with Crippen molar-refractivity contribution in [2.45, 2.75) is 80.4 Å². The van der Waals surface area contributed by atoms with Crippen molar-refractivity contribution in [3.63, 3.8) is 0 Å². The van der Waals surface area contributed by atoms with Crippen LogP contribution in [0.4, 0.5) is 10.1 Å². The number of ether oxygens (including phenoxy) is 1. The Kier molecular flexibility index (Phi) is 11.9. The van der Waals surface area contributed by atoms with Crippen LogP contribution in [0.2, 0.25) is 5.02 Å². The first-order chi connectivity index (χ1) is 21.5. The van der Waals surface area contributed by atoms with Gasteiger partial charge in [-0.15, -0.1) is 0 Å². The first kappa shape index (κ1) is 36.4. The van der Waals surface area contributed by atoms with Crippen molar-refractivity contribution in [1.29, 1.82) is 0 Å². The maximum atomic E-state index is 13.8. The number of fused-ring (bicyclic) bond motifs is 2. The molecule has 2 aromatic heterocycles. The number of aromatic nitrogens is 4. The number of hydrogen-bond donors (Lipinski definition) is 0. The van der Waals surface area contributed by atoms with Crippen LogP contribution >= 0.6 is 11.6 Å². The predicted molar refractivity (Wildman–Crippen MR) is 183 cm³/mol. The number of amides is 1. The second kappa shape index (κ2) is 15.0. The summed E-state index contributed by atoms with van der Waals surface area (Å²) in [6, 6.07) is 7.87. The van der Waals surface area contributed by atoms with Crippen molar-refractivity contribution in [2.24, 2.45) is 7.05 Å². The zero-order chi connectivity index (χ0) is 34.5. The smallest absolute Gasteiger partial charge is 0.293 e. The van der Waals surface area contributed by atoms with Gasteiger partial charge in [-0.05, 0) is 97.8 Å². The molecule has 1 atom stereocenters. The highest BCUT2D eigenvalue weighted by atomic mass is 35.5. The largest absolute Gasteiger partial charge is 0.462 e. The first-order valence-electron chi connectivity index (χ1n) is 15.2. The predicted octanol–water partition coefficient (Wildman–Crippen LogP) is 7.56. The molecule has 0 saturated carbocycles. The topological polar surface area (TPSA) is 85.5 Å². The summed E-state index contributed by atoms with van der Waals surface area (Å²) in [5.74, 6) is -0.209. The van der Waals surface area contributed by atoms with Gasteiger partial charge in [0.05, 0.1) is 33.8 Å². The van der Waals surface area contributed by atoms with Crippen LogP contribution < -0.4 is 4.90 Å². The summed E-state index contributed by atoms with van der Waals surface area (Å²) >= 11 is 6.35. The van der Waals surface area contributed by atoms with E-state index in [2.05, 4.69) is 35.6 Å². The molecule has 0 aliphatic carbocycles. The van der Waals surface area contributed by atoms with Gasteiger partial charge in [-0.1, -0.05) is 17.7 Å². The highest BCUT2D eigenvalue weighted by molar-refractivity contribution is 6.38. The van der Waals surface area contributed by atoms with Crippen LogP contribution in [0.1, 0.15) is 75.7 Å². The van der Waals surface area contributed by atoms with Gasteiger partial charge in [0.15, 0.2) is 0 Å². The number of anilines is 1. The van der Waals surface area contributed by atoms with Crippen LogP contribution in [-0.4, -0.2) is 56.0 Å². The second-order valence-electron chi connectivity index (χ2n) is 12.5. The Morgan fingerprint density at radius 3 is 2.30 bits per heavy atom. The highest BCUT2D eigenvalue weighted by Gasteiger charge is 2.27. The molecule has 0 unspecified atom stereocenters. The maximum Gasteiger partial charge on any atom is 0.293 e. The minimum absolute atomic E-state index is 0.0850. The minimum atomic E-state index is -0.318. The number of nitrogens with zero attached hydrogens (tertiary/aromatic N) is 6. The van der Waals surface area contributed by atoms with E-state index in [1.54, 1.807) is 37.0 Å². The van der Waals surface area contributed by atoms with E-state index in [4.69, 9.17) is 16.7 Å². The lowest BCUT2D eigenvalue weighted by Gasteiger charge is -2.29. The SMILES string of the molecule is C/C=C\N(C(C)=O)c1ccc2c(cnn2C)c1Cl.CC(C)(C)OC=O.Cc1cc(-n2nc3c(c2C)[C@H](C)N(C)CC3)cc(C)c1F. The molecule has 5 rings (SSSR count). The lowest BCUT2D eigenvalue weighted by Crippen LogP contribution is -2.30. The third-order valence-electron chi connectivity index (χ3n) is 7.83. The monoisotopic (exact) mass is 652 g/mol. The quantitative estimate of drug-likeness (QED) is 0.212. The van der Waals surface area contributed by atoms with E-state index in [0.29, 0.717) is 34.4 Å². The van der Waals surface area contributed by atoms with Crippen LogP contribution in [-0.2, 0) is 27.8 Å². The number of allylic oxidation sites excluding steroid dienone is 1. The molecule has 1 aliphatic heterocycles. The Morgan fingerprint density at radius 1 is 1.15 bits per heavy atom. The molecule has 0 spiro atoms. The van der Waals surface area contributed by atoms with E-state index in [0.717, 1.165) is 35.2 Å².